The zero-order valence-electron chi connectivity index (χ0n) is 20.7. The van der Waals surface area contributed by atoms with Crippen LogP contribution in [0.2, 0.25) is 0 Å². The number of fused-ring (bicyclic) bond motifs is 4. The Morgan fingerprint density at radius 2 is 1.80 bits per heavy atom. The maximum atomic E-state index is 14.0. The van der Waals surface area contributed by atoms with Crippen LogP contribution in [0.5, 0.6) is 0 Å². The average Bonchev–Trinajstić information content (AvgIpc) is 3.60. The summed E-state index contributed by atoms with van der Waals surface area (Å²) in [6.07, 6.45) is 6.57. The SMILES string of the molecule is CC1(C)c2cc(N3CCN(C4CCC4)CC3)c(C3CC3)cc2C(=O)c2c1[nH]c1cc(C#N)ccc21. The van der Waals surface area contributed by atoms with E-state index in [2.05, 4.69) is 46.8 Å². The van der Waals surface area contributed by atoms with Crippen molar-refractivity contribution < 1.29 is 4.79 Å². The zero-order chi connectivity index (χ0) is 23.9. The number of carbonyl (C=O) groups is 1. The summed E-state index contributed by atoms with van der Waals surface area (Å²) in [4.78, 5) is 22.8. The van der Waals surface area contributed by atoms with E-state index in [1.54, 1.807) is 0 Å². The molecule has 2 aromatic carbocycles. The second-order valence-electron chi connectivity index (χ2n) is 11.5. The van der Waals surface area contributed by atoms with E-state index in [9.17, 15) is 10.1 Å². The number of hydrogen-bond donors (Lipinski definition) is 1. The summed E-state index contributed by atoms with van der Waals surface area (Å²) in [6.45, 7) is 8.87. The van der Waals surface area contributed by atoms with Crippen LogP contribution >= 0.6 is 0 Å². The van der Waals surface area contributed by atoms with E-state index in [0.717, 1.165) is 65.5 Å². The van der Waals surface area contributed by atoms with Gasteiger partial charge in [-0.2, -0.15) is 5.26 Å². The van der Waals surface area contributed by atoms with Crippen molar-refractivity contribution in [1.29, 1.82) is 5.26 Å². The molecule has 0 unspecified atom stereocenters. The molecule has 5 heteroatoms. The number of carbonyl (C=O) groups excluding carboxylic acids is 1. The minimum absolute atomic E-state index is 0.119. The lowest BCUT2D eigenvalue weighted by Gasteiger charge is -2.44. The highest BCUT2D eigenvalue weighted by Crippen LogP contribution is 2.50. The van der Waals surface area contributed by atoms with E-state index in [1.807, 2.05) is 18.2 Å². The van der Waals surface area contributed by atoms with Gasteiger partial charge in [-0.05, 0) is 67.0 Å². The Labute approximate surface area is 206 Å². The number of ketones is 1. The summed E-state index contributed by atoms with van der Waals surface area (Å²) in [7, 11) is 0. The Morgan fingerprint density at radius 1 is 1.03 bits per heavy atom. The quantitative estimate of drug-likeness (QED) is 0.559. The van der Waals surface area contributed by atoms with Crippen molar-refractivity contribution in [2.75, 3.05) is 31.1 Å². The monoisotopic (exact) mass is 464 g/mol. The first-order valence-corrected chi connectivity index (χ1v) is 13.2. The van der Waals surface area contributed by atoms with Crippen LogP contribution in [-0.2, 0) is 5.41 Å². The fraction of sp³-hybridized carbons (Fsp3) is 0.467. The van der Waals surface area contributed by atoms with Crippen LogP contribution in [0.15, 0.2) is 30.3 Å². The normalized spacial score (nSPS) is 22.0. The van der Waals surface area contributed by atoms with Crippen molar-refractivity contribution in [1.82, 2.24) is 9.88 Å². The van der Waals surface area contributed by atoms with Crippen molar-refractivity contribution in [3.8, 4) is 6.07 Å². The predicted molar refractivity (Wildman–Crippen MR) is 138 cm³/mol. The molecule has 3 aromatic rings. The van der Waals surface area contributed by atoms with Gasteiger partial charge in [0.25, 0.3) is 0 Å². The molecule has 0 atom stereocenters. The molecule has 7 rings (SSSR count). The van der Waals surface area contributed by atoms with E-state index in [0.29, 0.717) is 11.5 Å². The minimum atomic E-state index is -0.324. The summed E-state index contributed by atoms with van der Waals surface area (Å²) < 4.78 is 0. The summed E-state index contributed by atoms with van der Waals surface area (Å²) in [6, 6.07) is 13.2. The standard InChI is InChI=1S/C30H32N4O/c1-30(2)24-16-26(34-12-10-33(11-13-34)20-4-3-5-20)22(19-7-8-19)15-23(24)28(35)27-21-9-6-18(17-31)14-25(21)32-29(27)30/h6,9,14-16,19-20,32H,3-5,7-8,10-13H2,1-2H3. The molecule has 2 heterocycles. The van der Waals surface area contributed by atoms with Gasteiger partial charge in [0.1, 0.15) is 0 Å². The molecule has 1 aromatic heterocycles. The van der Waals surface area contributed by atoms with E-state index in [-0.39, 0.29) is 11.2 Å². The van der Waals surface area contributed by atoms with Crippen LogP contribution in [0.1, 0.15) is 90.2 Å². The molecular formula is C30H32N4O. The average molecular weight is 465 g/mol. The van der Waals surface area contributed by atoms with E-state index in [4.69, 9.17) is 0 Å². The number of aromatic amines is 1. The molecule has 0 spiro atoms. The molecule has 0 radical (unpaired) electrons. The Balaban J connectivity index is 1.32. The first kappa shape index (κ1) is 21.2. The molecule has 5 nitrogen and oxygen atoms in total. The van der Waals surface area contributed by atoms with Gasteiger partial charge < -0.3 is 9.88 Å². The Bertz CT molecular complexity index is 1410. The first-order valence-electron chi connectivity index (χ1n) is 13.2. The third kappa shape index (κ3) is 3.12. The smallest absolute Gasteiger partial charge is 0.195 e. The number of aromatic nitrogens is 1. The first-order chi connectivity index (χ1) is 17.0. The zero-order valence-corrected chi connectivity index (χ0v) is 20.7. The Kier molecular flexibility index (Phi) is 4.51. The third-order valence-electron chi connectivity index (χ3n) is 9.13. The maximum Gasteiger partial charge on any atom is 0.195 e. The van der Waals surface area contributed by atoms with Crippen molar-refractivity contribution in [3.63, 3.8) is 0 Å². The molecule has 35 heavy (non-hydrogen) atoms. The van der Waals surface area contributed by atoms with Crippen LogP contribution in [0.25, 0.3) is 10.9 Å². The van der Waals surface area contributed by atoms with Gasteiger partial charge in [-0.1, -0.05) is 26.3 Å². The van der Waals surface area contributed by atoms with Crippen molar-refractivity contribution in [2.24, 2.45) is 0 Å². The molecule has 3 fully saturated rings. The van der Waals surface area contributed by atoms with E-state index >= 15 is 0 Å². The number of rotatable bonds is 3. The molecule has 4 aliphatic rings. The highest BCUT2D eigenvalue weighted by Gasteiger charge is 2.42. The maximum absolute atomic E-state index is 14.0. The molecule has 1 saturated heterocycles. The molecule has 1 aliphatic heterocycles. The van der Waals surface area contributed by atoms with Gasteiger partial charge in [-0.25, -0.2) is 0 Å². The molecule has 3 aliphatic carbocycles. The van der Waals surface area contributed by atoms with E-state index in [1.165, 1.54) is 43.4 Å². The predicted octanol–water partition coefficient (Wildman–Crippen LogP) is 5.46. The fourth-order valence-electron chi connectivity index (χ4n) is 6.63. The number of anilines is 1. The van der Waals surface area contributed by atoms with Crippen molar-refractivity contribution >= 4 is 22.4 Å². The number of nitrogens with zero attached hydrogens (tertiary/aromatic N) is 3. The number of H-pyrrole nitrogens is 1. The summed E-state index contributed by atoms with van der Waals surface area (Å²) >= 11 is 0. The molecule has 0 bridgehead atoms. The van der Waals surface area contributed by atoms with Crippen LogP contribution in [0.3, 0.4) is 0 Å². The summed E-state index contributed by atoms with van der Waals surface area (Å²) in [5.41, 5.74) is 7.64. The van der Waals surface area contributed by atoms with Gasteiger partial charge in [-0.15, -0.1) is 0 Å². The number of hydrogen-bond acceptors (Lipinski definition) is 4. The van der Waals surface area contributed by atoms with Gasteiger partial charge >= 0.3 is 0 Å². The largest absolute Gasteiger partial charge is 0.369 e. The van der Waals surface area contributed by atoms with Gasteiger partial charge in [0.15, 0.2) is 5.78 Å². The van der Waals surface area contributed by atoms with Crippen molar-refractivity contribution in [3.05, 3.63) is 63.8 Å². The molecule has 178 valence electrons. The van der Waals surface area contributed by atoms with Gasteiger partial charge in [0.05, 0.1) is 17.2 Å². The Hall–Kier alpha value is -3.10. The number of benzene rings is 2. The van der Waals surface area contributed by atoms with Crippen molar-refractivity contribution in [2.45, 2.75) is 63.3 Å². The van der Waals surface area contributed by atoms with Crippen LogP contribution < -0.4 is 4.90 Å². The van der Waals surface area contributed by atoms with Gasteiger partial charge in [0.2, 0.25) is 0 Å². The molecular weight excluding hydrogens is 432 g/mol. The van der Waals surface area contributed by atoms with E-state index < -0.39 is 0 Å². The molecule has 1 N–H and O–H groups in total. The summed E-state index contributed by atoms with van der Waals surface area (Å²) in [5, 5.41) is 10.3. The lowest BCUT2D eigenvalue weighted by atomic mass is 9.70. The second kappa shape index (κ2) is 7.45. The highest BCUT2D eigenvalue weighted by molar-refractivity contribution is 6.20. The molecule has 0 amide bonds. The number of nitriles is 1. The lowest BCUT2D eigenvalue weighted by molar-refractivity contribution is 0.103. The Morgan fingerprint density at radius 3 is 2.46 bits per heavy atom. The van der Waals surface area contributed by atoms with Crippen LogP contribution in [0.4, 0.5) is 5.69 Å². The number of nitrogens with one attached hydrogen (secondary N) is 1. The van der Waals surface area contributed by atoms with Crippen LogP contribution in [-0.4, -0.2) is 47.9 Å². The fourth-order valence-corrected chi connectivity index (χ4v) is 6.63. The third-order valence-corrected chi connectivity index (χ3v) is 9.13. The van der Waals surface area contributed by atoms with Gasteiger partial charge in [-0.3, -0.25) is 9.69 Å². The molecule has 2 saturated carbocycles. The van der Waals surface area contributed by atoms with Crippen LogP contribution in [0, 0.1) is 11.3 Å². The number of piperazine rings is 1. The topological polar surface area (TPSA) is 63.1 Å². The summed E-state index contributed by atoms with van der Waals surface area (Å²) in [5.74, 6) is 0.701. The highest BCUT2D eigenvalue weighted by atomic mass is 16.1. The van der Waals surface area contributed by atoms with Gasteiger partial charge in [0, 0.05) is 65.5 Å². The minimum Gasteiger partial charge on any atom is -0.369 e. The second-order valence-corrected chi connectivity index (χ2v) is 11.5. The lowest BCUT2D eigenvalue weighted by Crippen LogP contribution is -2.52.